The normalized spacial score (nSPS) is 15.5. The van der Waals surface area contributed by atoms with Crippen LogP contribution >= 0.6 is 23.2 Å². The Balaban J connectivity index is 1.66. The molecular formula is C28H28Cl2N4O4S. The van der Waals surface area contributed by atoms with Crippen molar-refractivity contribution in [2.75, 3.05) is 10.6 Å². The van der Waals surface area contributed by atoms with E-state index in [4.69, 9.17) is 28.9 Å². The van der Waals surface area contributed by atoms with Crippen molar-refractivity contribution in [2.24, 2.45) is 5.73 Å². The van der Waals surface area contributed by atoms with Crippen LogP contribution < -0.4 is 20.3 Å². The second kappa shape index (κ2) is 11.7. The highest BCUT2D eigenvalue weighted by molar-refractivity contribution is 7.92. The summed E-state index contributed by atoms with van der Waals surface area (Å²) in [5, 5.41) is 3.81. The smallest absolute Gasteiger partial charge is 0.252 e. The molecule has 2 atom stereocenters. The van der Waals surface area contributed by atoms with Crippen LogP contribution in [0.2, 0.25) is 10.0 Å². The third-order valence-corrected chi connectivity index (χ3v) is 7.92. The number of carbonyl (C=O) groups excluding carboxylic acids is 2. The van der Waals surface area contributed by atoms with Crippen LogP contribution in [0.3, 0.4) is 0 Å². The summed E-state index contributed by atoms with van der Waals surface area (Å²) in [6.07, 6.45) is 3.24. The van der Waals surface area contributed by atoms with Gasteiger partial charge >= 0.3 is 0 Å². The van der Waals surface area contributed by atoms with Crippen molar-refractivity contribution in [1.82, 2.24) is 5.32 Å². The van der Waals surface area contributed by atoms with E-state index in [-0.39, 0.29) is 17.3 Å². The number of anilines is 1. The highest BCUT2D eigenvalue weighted by Gasteiger charge is 2.31. The molecule has 1 aliphatic rings. The van der Waals surface area contributed by atoms with Crippen LogP contribution in [-0.4, -0.2) is 32.5 Å². The average Bonchev–Trinajstić information content (AvgIpc) is 2.86. The summed E-state index contributed by atoms with van der Waals surface area (Å²) >= 11 is 12.2. The van der Waals surface area contributed by atoms with E-state index in [2.05, 4.69) is 5.32 Å². The Kier molecular flexibility index (Phi) is 8.56. The Morgan fingerprint density at radius 3 is 2.00 bits per heavy atom. The summed E-state index contributed by atoms with van der Waals surface area (Å²) in [7, 11) is -3.77. The zero-order valence-electron chi connectivity index (χ0n) is 21.3. The minimum absolute atomic E-state index is 0.179. The highest BCUT2D eigenvalue weighted by atomic mass is 35.5. The maximum atomic E-state index is 12.9. The first-order valence-corrected chi connectivity index (χ1v) is 14.7. The van der Waals surface area contributed by atoms with Gasteiger partial charge in [0.05, 0.1) is 11.9 Å². The summed E-state index contributed by atoms with van der Waals surface area (Å²) < 4.78 is 27.0. The summed E-state index contributed by atoms with van der Waals surface area (Å²) in [5.41, 5.74) is 8.23. The molecule has 0 aliphatic carbocycles. The number of hydrogen-bond donors (Lipinski definition) is 3. The molecule has 4 rings (SSSR count). The van der Waals surface area contributed by atoms with Crippen LogP contribution in [0.25, 0.3) is 0 Å². The van der Waals surface area contributed by atoms with E-state index in [0.29, 0.717) is 22.2 Å². The fraction of sp³-hybridized carbons (Fsp3) is 0.179. The van der Waals surface area contributed by atoms with E-state index in [1.807, 2.05) is 61.3 Å². The summed E-state index contributed by atoms with van der Waals surface area (Å²) in [4.78, 5) is 25.2. The first-order valence-electron chi connectivity index (χ1n) is 12.1. The Labute approximate surface area is 238 Å². The first kappa shape index (κ1) is 28.5. The van der Waals surface area contributed by atoms with E-state index >= 15 is 0 Å². The fourth-order valence-corrected chi connectivity index (χ4v) is 5.66. The zero-order valence-corrected chi connectivity index (χ0v) is 23.6. The second-order valence-corrected chi connectivity index (χ2v) is 11.9. The van der Waals surface area contributed by atoms with Crippen LogP contribution in [0.1, 0.15) is 40.9 Å². The van der Waals surface area contributed by atoms with Gasteiger partial charge < -0.3 is 16.0 Å². The van der Waals surface area contributed by atoms with Crippen LogP contribution in [0.4, 0.5) is 5.69 Å². The Morgan fingerprint density at radius 2 is 1.54 bits per heavy atom. The number of benzene rings is 3. The summed E-state index contributed by atoms with van der Waals surface area (Å²) in [6, 6.07) is 20.2. The molecule has 0 aromatic heterocycles. The standard InChI is InChI=1S/C28H28Cl2N4O4S/c1-3-25(27(31)35)32-28(36)20-5-4-6-23(15-20)34(39(2,37)38)24-16-33(17-24)26(18-7-11-21(29)12-8-18)19-9-13-22(30)14-10-19/h4-17,25-26,33H,3H2,1-2H3,(H2,31,35)(H,32,36)/t25-/m0/s1. The van der Waals surface area contributed by atoms with Crippen molar-refractivity contribution in [2.45, 2.75) is 25.4 Å². The van der Waals surface area contributed by atoms with Gasteiger partial charge in [-0.3, -0.25) is 13.9 Å². The lowest BCUT2D eigenvalue weighted by molar-refractivity contribution is -0.856. The quantitative estimate of drug-likeness (QED) is 0.316. The van der Waals surface area contributed by atoms with Crippen LogP contribution in [0, 0.1) is 6.54 Å². The van der Waals surface area contributed by atoms with Crippen LogP contribution in [-0.2, 0) is 14.8 Å². The highest BCUT2D eigenvalue weighted by Crippen LogP contribution is 2.29. The maximum Gasteiger partial charge on any atom is 0.252 e. The van der Waals surface area contributed by atoms with Gasteiger partial charge in [0, 0.05) is 26.7 Å². The second-order valence-electron chi connectivity index (χ2n) is 9.16. The molecule has 39 heavy (non-hydrogen) atoms. The molecule has 1 heterocycles. The van der Waals surface area contributed by atoms with Crippen molar-refractivity contribution in [3.63, 3.8) is 0 Å². The van der Waals surface area contributed by atoms with Crippen molar-refractivity contribution in [3.05, 3.63) is 118 Å². The molecule has 1 aliphatic heterocycles. The number of nitrogens with one attached hydrogen (secondary N) is 2. The van der Waals surface area contributed by atoms with Gasteiger partial charge in [0.25, 0.3) is 5.91 Å². The molecule has 3 aromatic rings. The number of hydrogen-bond acceptors (Lipinski definition) is 4. The molecule has 0 radical (unpaired) electrons. The van der Waals surface area contributed by atoms with Gasteiger partial charge in [-0.25, -0.2) is 8.42 Å². The Morgan fingerprint density at radius 1 is 1.00 bits per heavy atom. The van der Waals surface area contributed by atoms with E-state index in [1.54, 1.807) is 25.1 Å². The molecular weight excluding hydrogens is 559 g/mol. The number of nitrogens with zero attached hydrogens (tertiary/aromatic N) is 1. The molecule has 1 unspecified atom stereocenters. The number of quaternary nitrogens is 1. The number of nitrogens with two attached hydrogens (primary N) is 1. The number of amides is 2. The Bertz CT molecular complexity index is 1460. The minimum Gasteiger partial charge on any atom is -0.412 e. The molecule has 3 aromatic carbocycles. The molecule has 8 nitrogen and oxygen atoms in total. The fourth-order valence-electron chi connectivity index (χ4n) is 4.42. The number of halogens is 2. The molecule has 4 N–H and O–H groups in total. The van der Waals surface area contributed by atoms with E-state index in [0.717, 1.165) is 22.3 Å². The van der Waals surface area contributed by atoms with Crippen molar-refractivity contribution >= 4 is 50.7 Å². The van der Waals surface area contributed by atoms with Crippen molar-refractivity contribution in [3.8, 4) is 0 Å². The monoisotopic (exact) mass is 586 g/mol. The molecule has 0 bridgehead atoms. The van der Waals surface area contributed by atoms with E-state index < -0.39 is 27.9 Å². The van der Waals surface area contributed by atoms with Gasteiger partial charge in [0.15, 0.2) is 0 Å². The third-order valence-electron chi connectivity index (χ3n) is 6.34. The molecule has 11 heteroatoms. The average molecular weight is 588 g/mol. The van der Waals surface area contributed by atoms with Gasteiger partial charge in [-0.15, -0.1) is 0 Å². The van der Waals surface area contributed by atoms with Gasteiger partial charge in [-0.05, 0) is 67.3 Å². The molecule has 204 valence electrons. The molecule has 0 spiro atoms. The van der Waals surface area contributed by atoms with E-state index in [9.17, 15) is 18.0 Å². The molecule has 2 amide bonds. The van der Waals surface area contributed by atoms with Crippen LogP contribution in [0.15, 0.2) is 84.7 Å². The number of primary amides is 1. The minimum atomic E-state index is -3.77. The van der Waals surface area contributed by atoms with Crippen molar-refractivity contribution in [1.29, 1.82) is 0 Å². The van der Waals surface area contributed by atoms with E-state index in [1.165, 1.54) is 10.4 Å². The molecule has 0 fully saturated rings. The zero-order chi connectivity index (χ0) is 28.3. The number of rotatable bonds is 10. The maximum absolute atomic E-state index is 12.9. The number of sulfonamides is 1. The summed E-state index contributed by atoms with van der Waals surface area (Å²) in [5.74, 6) is -1.17. The molecule has 0 saturated carbocycles. The number of carbonyl (C=O) groups is 2. The lowest BCUT2D eigenvalue weighted by Gasteiger charge is -2.45. The third kappa shape index (κ3) is 6.57. The van der Waals surface area contributed by atoms with Gasteiger partial charge in [0.2, 0.25) is 15.9 Å². The largest absolute Gasteiger partial charge is 0.412 e. The van der Waals surface area contributed by atoms with Gasteiger partial charge in [-0.2, -0.15) is 0 Å². The topological polar surface area (TPSA) is 114 Å². The molecule has 0 saturated heterocycles. The first-order chi connectivity index (χ1) is 18.5. The predicted octanol–water partition coefficient (Wildman–Crippen LogP) is 3.44. The summed E-state index contributed by atoms with van der Waals surface area (Å²) in [6.45, 7) is 3.54. The Hall–Kier alpha value is -3.50. The SMILES string of the molecule is CC[C@H](NC(=O)c1cccc(N(C2=C[NH+](C(c3ccc(Cl)cc3)c3ccc(Cl)cc3)[CH-]2)S(C)(=O)=O)c1)C(N)=O. The predicted molar refractivity (Wildman–Crippen MR) is 153 cm³/mol. The van der Waals surface area contributed by atoms with Crippen LogP contribution in [0.5, 0.6) is 0 Å². The van der Waals surface area contributed by atoms with Gasteiger partial charge in [-0.1, -0.05) is 60.5 Å². The van der Waals surface area contributed by atoms with Gasteiger partial charge in [0.1, 0.15) is 12.1 Å². The lowest BCUT2D eigenvalue weighted by Crippen LogP contribution is -3.10. The van der Waals surface area contributed by atoms with Crippen molar-refractivity contribution < 1.29 is 22.9 Å². The lowest BCUT2D eigenvalue weighted by atomic mass is 9.95.